The van der Waals surface area contributed by atoms with Crippen LogP contribution < -0.4 is 10.2 Å². The molecular formula is C21H27ClFN3O3S. The van der Waals surface area contributed by atoms with E-state index >= 15 is 0 Å². The molecule has 6 nitrogen and oxygen atoms in total. The van der Waals surface area contributed by atoms with Crippen LogP contribution in [0.5, 0.6) is 0 Å². The van der Waals surface area contributed by atoms with Gasteiger partial charge in [0, 0.05) is 38.6 Å². The zero-order chi connectivity index (χ0) is 22.5. The molecule has 9 heteroatoms. The van der Waals surface area contributed by atoms with Crippen LogP contribution in [0.1, 0.15) is 25.8 Å². The van der Waals surface area contributed by atoms with E-state index in [0.717, 1.165) is 23.4 Å². The number of alkyl halides is 1. The molecule has 0 saturated heterocycles. The van der Waals surface area contributed by atoms with Gasteiger partial charge in [-0.25, -0.2) is 12.8 Å². The zero-order valence-corrected chi connectivity index (χ0v) is 19.1. The molecule has 1 N–H and O–H groups in total. The summed E-state index contributed by atoms with van der Waals surface area (Å²) >= 11 is 5.83. The van der Waals surface area contributed by atoms with Gasteiger partial charge in [0.1, 0.15) is 11.2 Å². The lowest BCUT2D eigenvalue weighted by molar-refractivity contribution is -0.115. The Morgan fingerprint density at radius 2 is 1.80 bits per heavy atom. The van der Waals surface area contributed by atoms with Crippen LogP contribution >= 0.6 is 11.6 Å². The lowest BCUT2D eigenvalue weighted by atomic mass is 10.1. The number of hydrogen-bond donors (Lipinski definition) is 1. The van der Waals surface area contributed by atoms with Gasteiger partial charge in [-0.3, -0.25) is 4.79 Å². The molecule has 0 aliphatic rings. The van der Waals surface area contributed by atoms with Crippen molar-refractivity contribution in [2.45, 2.75) is 37.1 Å². The maximum absolute atomic E-state index is 13.3. The van der Waals surface area contributed by atoms with Gasteiger partial charge < -0.3 is 10.2 Å². The molecule has 0 bridgehead atoms. The van der Waals surface area contributed by atoms with Gasteiger partial charge in [-0.05, 0) is 61.4 Å². The van der Waals surface area contributed by atoms with Crippen LogP contribution in [0, 0.1) is 5.82 Å². The van der Waals surface area contributed by atoms with Gasteiger partial charge >= 0.3 is 0 Å². The summed E-state index contributed by atoms with van der Waals surface area (Å²) in [6.45, 7) is 3.85. The van der Waals surface area contributed by atoms with E-state index in [9.17, 15) is 17.6 Å². The standard InChI is InChI=1S/C21H27ClFN3O3S/c1-5-12-26(30(28,29)19-9-6-17(23)7-10-19)14-16-13-18(24-21(27)15(2)22)8-11-20(16)25(3)4/h6-11,13,15H,5,12,14H2,1-4H3,(H,24,27)/t15-/m0/s1. The lowest BCUT2D eigenvalue weighted by Gasteiger charge is -2.25. The van der Waals surface area contributed by atoms with Crippen molar-refractivity contribution < 1.29 is 17.6 Å². The smallest absolute Gasteiger partial charge is 0.243 e. The number of nitrogens with one attached hydrogen (secondary N) is 1. The Kier molecular flexibility index (Phi) is 8.23. The second-order valence-electron chi connectivity index (χ2n) is 7.14. The van der Waals surface area contributed by atoms with Crippen molar-refractivity contribution >= 4 is 38.9 Å². The molecule has 0 spiro atoms. The Morgan fingerprint density at radius 1 is 1.17 bits per heavy atom. The van der Waals surface area contributed by atoms with Crippen molar-refractivity contribution in [2.24, 2.45) is 0 Å². The molecule has 2 aromatic rings. The van der Waals surface area contributed by atoms with Crippen molar-refractivity contribution in [1.29, 1.82) is 0 Å². The van der Waals surface area contributed by atoms with E-state index in [0.29, 0.717) is 18.7 Å². The van der Waals surface area contributed by atoms with Crippen molar-refractivity contribution in [3.63, 3.8) is 0 Å². The summed E-state index contributed by atoms with van der Waals surface area (Å²) in [4.78, 5) is 13.9. The lowest BCUT2D eigenvalue weighted by Crippen LogP contribution is -2.32. The minimum absolute atomic E-state index is 0.0316. The summed E-state index contributed by atoms with van der Waals surface area (Å²) in [5, 5.41) is 2.03. The summed E-state index contributed by atoms with van der Waals surface area (Å²) < 4.78 is 41.0. The molecule has 1 amide bonds. The average Bonchev–Trinajstić information content (AvgIpc) is 2.67. The number of halogens is 2. The second-order valence-corrected chi connectivity index (χ2v) is 9.73. The van der Waals surface area contributed by atoms with Gasteiger partial charge in [-0.15, -0.1) is 11.6 Å². The molecule has 2 rings (SSSR count). The van der Waals surface area contributed by atoms with Gasteiger partial charge in [0.25, 0.3) is 0 Å². The zero-order valence-electron chi connectivity index (χ0n) is 17.5. The predicted octanol–water partition coefficient (Wildman–Crippen LogP) is 4.06. The molecule has 0 heterocycles. The highest BCUT2D eigenvalue weighted by Crippen LogP contribution is 2.27. The molecule has 0 unspecified atom stereocenters. The molecule has 0 aliphatic heterocycles. The first kappa shape index (κ1) is 24.1. The van der Waals surface area contributed by atoms with Crippen LogP contribution in [0.25, 0.3) is 0 Å². The molecular weight excluding hydrogens is 429 g/mol. The van der Waals surface area contributed by atoms with Gasteiger partial charge in [-0.2, -0.15) is 4.31 Å². The van der Waals surface area contributed by atoms with Crippen LogP contribution in [-0.2, 0) is 21.4 Å². The van der Waals surface area contributed by atoms with E-state index in [2.05, 4.69) is 5.32 Å². The van der Waals surface area contributed by atoms with Crippen LogP contribution in [0.2, 0.25) is 0 Å². The largest absolute Gasteiger partial charge is 0.377 e. The number of sulfonamides is 1. The van der Waals surface area contributed by atoms with Crippen molar-refractivity contribution in [1.82, 2.24) is 4.31 Å². The predicted molar refractivity (Wildman–Crippen MR) is 119 cm³/mol. The van der Waals surface area contributed by atoms with Crippen molar-refractivity contribution in [3.8, 4) is 0 Å². The van der Waals surface area contributed by atoms with Crippen molar-refractivity contribution in [3.05, 3.63) is 53.8 Å². The third kappa shape index (κ3) is 5.93. The first-order valence-electron chi connectivity index (χ1n) is 9.57. The Morgan fingerprint density at radius 3 is 2.33 bits per heavy atom. The monoisotopic (exact) mass is 455 g/mol. The quantitative estimate of drug-likeness (QED) is 0.579. The molecule has 0 aromatic heterocycles. The van der Waals surface area contributed by atoms with Gasteiger partial charge in [0.05, 0.1) is 4.90 Å². The third-order valence-corrected chi connectivity index (χ3v) is 6.52. The van der Waals surface area contributed by atoms with Gasteiger partial charge in [-0.1, -0.05) is 6.92 Å². The van der Waals surface area contributed by atoms with E-state index in [1.807, 2.05) is 32.0 Å². The minimum atomic E-state index is -3.83. The maximum atomic E-state index is 13.3. The fourth-order valence-electron chi connectivity index (χ4n) is 2.95. The molecule has 30 heavy (non-hydrogen) atoms. The van der Waals surface area contributed by atoms with Crippen molar-refractivity contribution in [2.75, 3.05) is 30.9 Å². The number of carbonyl (C=O) groups is 1. The Hall–Kier alpha value is -2.16. The third-order valence-electron chi connectivity index (χ3n) is 4.46. The Balaban J connectivity index is 2.43. The number of hydrogen-bond acceptors (Lipinski definition) is 4. The Bertz CT molecular complexity index is 979. The first-order chi connectivity index (χ1) is 14.1. The molecule has 2 aromatic carbocycles. The number of anilines is 2. The first-order valence-corrected chi connectivity index (χ1v) is 11.4. The molecule has 164 valence electrons. The van der Waals surface area contributed by atoms with Crippen LogP contribution in [-0.4, -0.2) is 44.6 Å². The summed E-state index contributed by atoms with van der Waals surface area (Å²) in [5.41, 5.74) is 2.07. The van der Waals surface area contributed by atoms with Gasteiger partial charge in [0.2, 0.25) is 15.9 Å². The summed E-state index contributed by atoms with van der Waals surface area (Å²) in [7, 11) is -0.115. The summed E-state index contributed by atoms with van der Waals surface area (Å²) in [6, 6.07) is 10.1. The highest BCUT2D eigenvalue weighted by atomic mass is 35.5. The Labute approximate surface area is 182 Å². The fraction of sp³-hybridized carbons (Fsp3) is 0.381. The molecule has 0 aliphatic carbocycles. The number of amides is 1. The highest BCUT2D eigenvalue weighted by molar-refractivity contribution is 7.89. The normalized spacial score (nSPS) is 12.6. The van der Waals surface area contributed by atoms with Crippen LogP contribution in [0.15, 0.2) is 47.4 Å². The maximum Gasteiger partial charge on any atom is 0.243 e. The molecule has 0 saturated carbocycles. The van der Waals surface area contributed by atoms with Crippen LogP contribution in [0.4, 0.5) is 15.8 Å². The second kappa shape index (κ2) is 10.2. The van der Waals surface area contributed by atoms with E-state index in [4.69, 9.17) is 11.6 Å². The number of rotatable bonds is 9. The minimum Gasteiger partial charge on any atom is -0.377 e. The molecule has 1 atom stereocenters. The van der Waals surface area contributed by atoms with Gasteiger partial charge in [0.15, 0.2) is 0 Å². The number of nitrogens with zero attached hydrogens (tertiary/aromatic N) is 2. The number of benzene rings is 2. The van der Waals surface area contributed by atoms with E-state index in [1.54, 1.807) is 19.1 Å². The number of carbonyl (C=O) groups excluding carboxylic acids is 1. The van der Waals surface area contributed by atoms with E-state index < -0.39 is 21.2 Å². The van der Waals surface area contributed by atoms with Crippen LogP contribution in [0.3, 0.4) is 0 Å². The summed E-state index contributed by atoms with van der Waals surface area (Å²) in [5.74, 6) is -0.840. The topological polar surface area (TPSA) is 69.7 Å². The fourth-order valence-corrected chi connectivity index (χ4v) is 4.51. The molecule has 0 radical (unpaired) electrons. The summed E-state index contributed by atoms with van der Waals surface area (Å²) in [6.07, 6.45) is 0.609. The average molecular weight is 456 g/mol. The van der Waals surface area contributed by atoms with E-state index in [-0.39, 0.29) is 17.3 Å². The highest BCUT2D eigenvalue weighted by Gasteiger charge is 2.25. The SMILES string of the molecule is CCCN(Cc1cc(NC(=O)[C@H](C)Cl)ccc1N(C)C)S(=O)(=O)c1ccc(F)cc1. The van der Waals surface area contributed by atoms with E-state index in [1.165, 1.54) is 16.4 Å². The molecule has 0 fully saturated rings.